The van der Waals surface area contributed by atoms with Gasteiger partial charge in [-0.25, -0.2) is 14.8 Å². The second-order valence-corrected chi connectivity index (χ2v) is 6.77. The molecule has 2 heterocycles. The number of rotatable bonds is 4. The summed E-state index contributed by atoms with van der Waals surface area (Å²) in [7, 11) is 0. The minimum absolute atomic E-state index is 0.374. The van der Waals surface area contributed by atoms with Crippen molar-refractivity contribution in [1.29, 1.82) is 0 Å². The molecule has 1 fully saturated rings. The molecule has 0 spiro atoms. The SMILES string of the molecule is CC(C)(C)OC(=O)N(CC1CC1)c1cc(-c2ncco2)ccn1. The van der Waals surface area contributed by atoms with E-state index in [0.29, 0.717) is 24.2 Å². The number of anilines is 1. The second-order valence-electron chi connectivity index (χ2n) is 6.77. The monoisotopic (exact) mass is 315 g/mol. The van der Waals surface area contributed by atoms with E-state index in [1.165, 1.54) is 6.26 Å². The van der Waals surface area contributed by atoms with Crippen molar-refractivity contribution in [3.05, 3.63) is 30.8 Å². The van der Waals surface area contributed by atoms with Crippen LogP contribution in [0.2, 0.25) is 0 Å². The number of ether oxygens (including phenoxy) is 1. The Kier molecular flexibility index (Phi) is 4.07. The van der Waals surface area contributed by atoms with Gasteiger partial charge in [-0.3, -0.25) is 4.90 Å². The first-order chi connectivity index (χ1) is 10.9. The number of aromatic nitrogens is 2. The van der Waals surface area contributed by atoms with Crippen molar-refractivity contribution in [2.24, 2.45) is 5.92 Å². The van der Waals surface area contributed by atoms with Gasteiger partial charge in [-0.15, -0.1) is 0 Å². The van der Waals surface area contributed by atoms with E-state index in [2.05, 4.69) is 9.97 Å². The Morgan fingerprint density at radius 1 is 1.35 bits per heavy atom. The van der Waals surface area contributed by atoms with Crippen LogP contribution in [-0.2, 0) is 4.74 Å². The minimum atomic E-state index is -0.543. The first kappa shape index (κ1) is 15.5. The van der Waals surface area contributed by atoms with Gasteiger partial charge in [0.2, 0.25) is 5.89 Å². The van der Waals surface area contributed by atoms with Gasteiger partial charge in [-0.2, -0.15) is 0 Å². The number of oxazole rings is 1. The van der Waals surface area contributed by atoms with Gasteiger partial charge < -0.3 is 9.15 Å². The van der Waals surface area contributed by atoms with Gasteiger partial charge in [0, 0.05) is 18.3 Å². The molecular weight excluding hydrogens is 294 g/mol. The van der Waals surface area contributed by atoms with Crippen LogP contribution < -0.4 is 4.90 Å². The molecule has 0 saturated heterocycles. The summed E-state index contributed by atoms with van der Waals surface area (Å²) in [4.78, 5) is 22.6. The van der Waals surface area contributed by atoms with E-state index in [1.54, 1.807) is 29.4 Å². The van der Waals surface area contributed by atoms with E-state index >= 15 is 0 Å². The van der Waals surface area contributed by atoms with Crippen LogP contribution in [0.3, 0.4) is 0 Å². The molecule has 122 valence electrons. The molecule has 2 aromatic rings. The molecule has 6 nitrogen and oxygen atoms in total. The summed E-state index contributed by atoms with van der Waals surface area (Å²) >= 11 is 0. The molecule has 1 aliphatic rings. The second kappa shape index (κ2) is 6.02. The predicted molar refractivity (Wildman–Crippen MR) is 86.0 cm³/mol. The lowest BCUT2D eigenvalue weighted by atomic mass is 10.2. The molecule has 1 aliphatic carbocycles. The Hall–Kier alpha value is -2.37. The van der Waals surface area contributed by atoms with Crippen molar-refractivity contribution >= 4 is 11.9 Å². The zero-order valence-corrected chi connectivity index (χ0v) is 13.7. The van der Waals surface area contributed by atoms with Gasteiger partial charge >= 0.3 is 6.09 Å². The Balaban J connectivity index is 1.87. The number of carbonyl (C=O) groups is 1. The molecule has 0 aromatic carbocycles. The highest BCUT2D eigenvalue weighted by Crippen LogP contribution is 2.32. The summed E-state index contributed by atoms with van der Waals surface area (Å²) in [5, 5.41) is 0. The Morgan fingerprint density at radius 3 is 2.74 bits per heavy atom. The molecule has 23 heavy (non-hydrogen) atoms. The van der Waals surface area contributed by atoms with Gasteiger partial charge in [0.15, 0.2) is 0 Å². The number of hydrogen-bond donors (Lipinski definition) is 0. The third-order valence-corrected chi connectivity index (χ3v) is 3.45. The Labute approximate surface area is 135 Å². The molecule has 0 atom stereocenters. The van der Waals surface area contributed by atoms with Crippen LogP contribution in [0.1, 0.15) is 33.6 Å². The molecule has 0 bridgehead atoms. The zero-order valence-electron chi connectivity index (χ0n) is 13.7. The van der Waals surface area contributed by atoms with Crippen LogP contribution in [0.15, 0.2) is 35.2 Å². The van der Waals surface area contributed by atoms with E-state index in [-0.39, 0.29) is 6.09 Å². The van der Waals surface area contributed by atoms with Crippen LogP contribution >= 0.6 is 0 Å². The quantitative estimate of drug-likeness (QED) is 0.856. The third-order valence-electron chi connectivity index (χ3n) is 3.45. The molecule has 1 amide bonds. The molecular formula is C17H21N3O3. The van der Waals surface area contributed by atoms with Crippen LogP contribution in [0, 0.1) is 5.92 Å². The fraction of sp³-hybridized carbons (Fsp3) is 0.471. The number of carbonyl (C=O) groups excluding carboxylic acids is 1. The lowest BCUT2D eigenvalue weighted by Crippen LogP contribution is -2.38. The fourth-order valence-corrected chi connectivity index (χ4v) is 2.20. The topological polar surface area (TPSA) is 68.5 Å². The molecule has 0 N–H and O–H groups in total. The summed E-state index contributed by atoms with van der Waals surface area (Å²) in [6.07, 6.45) is 6.66. The highest BCUT2D eigenvalue weighted by Gasteiger charge is 2.31. The molecule has 0 unspecified atom stereocenters. The van der Waals surface area contributed by atoms with Gasteiger partial charge in [-0.05, 0) is 51.7 Å². The summed E-state index contributed by atoms with van der Waals surface area (Å²) in [5.74, 6) is 1.58. The van der Waals surface area contributed by atoms with Gasteiger partial charge in [0.05, 0.1) is 6.20 Å². The van der Waals surface area contributed by atoms with E-state index in [4.69, 9.17) is 9.15 Å². The van der Waals surface area contributed by atoms with Crippen LogP contribution in [0.25, 0.3) is 11.5 Å². The van der Waals surface area contributed by atoms with Crippen molar-refractivity contribution in [2.45, 2.75) is 39.2 Å². The minimum Gasteiger partial charge on any atom is -0.445 e. The highest BCUT2D eigenvalue weighted by molar-refractivity contribution is 5.87. The lowest BCUT2D eigenvalue weighted by Gasteiger charge is -2.27. The largest absolute Gasteiger partial charge is 0.445 e. The molecule has 6 heteroatoms. The van der Waals surface area contributed by atoms with E-state index in [9.17, 15) is 4.79 Å². The van der Waals surface area contributed by atoms with Crippen molar-refractivity contribution in [2.75, 3.05) is 11.4 Å². The first-order valence-corrected chi connectivity index (χ1v) is 7.79. The maximum absolute atomic E-state index is 12.5. The zero-order chi connectivity index (χ0) is 16.4. The Bertz CT molecular complexity index is 673. The third kappa shape index (κ3) is 4.09. The smallest absolute Gasteiger partial charge is 0.416 e. The first-order valence-electron chi connectivity index (χ1n) is 7.79. The van der Waals surface area contributed by atoms with Crippen molar-refractivity contribution in [3.63, 3.8) is 0 Å². The maximum Gasteiger partial charge on any atom is 0.416 e. The summed E-state index contributed by atoms with van der Waals surface area (Å²) in [5.41, 5.74) is 0.239. The number of pyridine rings is 1. The van der Waals surface area contributed by atoms with Crippen molar-refractivity contribution < 1.29 is 13.9 Å². The summed E-state index contributed by atoms with van der Waals surface area (Å²) in [6, 6.07) is 3.61. The van der Waals surface area contributed by atoms with Crippen LogP contribution in [0.4, 0.5) is 10.6 Å². The molecule has 1 saturated carbocycles. The van der Waals surface area contributed by atoms with Crippen molar-refractivity contribution in [1.82, 2.24) is 9.97 Å². The molecule has 3 rings (SSSR count). The fourth-order valence-electron chi connectivity index (χ4n) is 2.20. The number of nitrogens with zero attached hydrogens (tertiary/aromatic N) is 3. The maximum atomic E-state index is 12.5. The average molecular weight is 315 g/mol. The predicted octanol–water partition coefficient (Wildman–Crippen LogP) is 3.89. The lowest BCUT2D eigenvalue weighted by molar-refractivity contribution is 0.0577. The van der Waals surface area contributed by atoms with E-state index < -0.39 is 5.60 Å². The van der Waals surface area contributed by atoms with Crippen molar-refractivity contribution in [3.8, 4) is 11.5 Å². The van der Waals surface area contributed by atoms with Gasteiger partial charge in [0.1, 0.15) is 17.7 Å². The average Bonchev–Trinajstić information content (AvgIpc) is 3.13. The number of amides is 1. The van der Waals surface area contributed by atoms with Gasteiger partial charge in [0.25, 0.3) is 0 Å². The molecule has 2 aromatic heterocycles. The van der Waals surface area contributed by atoms with Gasteiger partial charge in [-0.1, -0.05) is 0 Å². The highest BCUT2D eigenvalue weighted by atomic mass is 16.6. The summed E-state index contributed by atoms with van der Waals surface area (Å²) in [6.45, 7) is 6.20. The normalized spacial score (nSPS) is 14.6. The van der Waals surface area contributed by atoms with Crippen LogP contribution in [-0.4, -0.2) is 28.2 Å². The molecule has 0 aliphatic heterocycles. The Morgan fingerprint density at radius 2 is 2.13 bits per heavy atom. The van der Waals surface area contributed by atoms with E-state index in [0.717, 1.165) is 18.4 Å². The van der Waals surface area contributed by atoms with E-state index in [1.807, 2.05) is 20.8 Å². The standard InChI is InChI=1S/C17H21N3O3/c1-17(2,3)23-16(21)20(11-12-4-5-12)14-10-13(6-7-18-14)15-19-8-9-22-15/h6-10,12H,4-5,11H2,1-3H3. The summed E-state index contributed by atoms with van der Waals surface area (Å²) < 4.78 is 10.8. The molecule has 0 radical (unpaired) electrons. The van der Waals surface area contributed by atoms with Crippen LogP contribution in [0.5, 0.6) is 0 Å². The number of hydrogen-bond acceptors (Lipinski definition) is 5.